The number of amides is 1. The van der Waals surface area contributed by atoms with E-state index in [0.29, 0.717) is 11.9 Å². The van der Waals surface area contributed by atoms with Crippen LogP contribution in [0.1, 0.15) is 28.3 Å². The van der Waals surface area contributed by atoms with Crippen molar-refractivity contribution in [1.29, 1.82) is 0 Å². The van der Waals surface area contributed by atoms with Crippen LogP contribution in [0.25, 0.3) is 5.65 Å². The van der Waals surface area contributed by atoms with E-state index in [4.69, 9.17) is 0 Å². The van der Waals surface area contributed by atoms with Crippen LogP contribution in [0.3, 0.4) is 0 Å². The molecular weight excluding hydrogens is 344 g/mol. The lowest BCUT2D eigenvalue weighted by Gasteiger charge is -2.16. The molecule has 9 nitrogen and oxygen atoms in total. The summed E-state index contributed by atoms with van der Waals surface area (Å²) in [7, 11) is 1.96. The molecule has 0 aromatic carbocycles. The molecule has 3 aromatic heterocycles. The van der Waals surface area contributed by atoms with Crippen LogP contribution in [0.5, 0.6) is 0 Å². The number of aryl methyl sites for hydroxylation is 2. The number of carbonyl (C=O) groups excluding carboxylic acids is 1. The molecule has 0 radical (unpaired) electrons. The molecule has 0 aliphatic carbocycles. The van der Waals surface area contributed by atoms with Gasteiger partial charge in [0.05, 0.1) is 30.0 Å². The fraction of sp³-hybridized carbons (Fsp3) is 0.389. The summed E-state index contributed by atoms with van der Waals surface area (Å²) < 4.78 is 1.85. The van der Waals surface area contributed by atoms with Gasteiger partial charge in [-0.15, -0.1) is 0 Å². The first-order valence-corrected chi connectivity index (χ1v) is 8.92. The number of aromatic nitrogens is 5. The van der Waals surface area contributed by atoms with E-state index in [1.165, 1.54) is 6.20 Å². The van der Waals surface area contributed by atoms with Gasteiger partial charge in [-0.25, -0.2) is 19.9 Å². The van der Waals surface area contributed by atoms with Crippen molar-refractivity contribution < 1.29 is 4.79 Å². The molecule has 4 heterocycles. The Hall–Kier alpha value is -3.07. The van der Waals surface area contributed by atoms with Gasteiger partial charge in [0.15, 0.2) is 5.65 Å². The Kier molecular flexibility index (Phi) is 4.44. The zero-order chi connectivity index (χ0) is 19.0. The van der Waals surface area contributed by atoms with Crippen molar-refractivity contribution in [1.82, 2.24) is 29.7 Å². The summed E-state index contributed by atoms with van der Waals surface area (Å²) in [5.74, 6) is 0.893. The average Bonchev–Trinajstić information content (AvgIpc) is 3.28. The minimum atomic E-state index is -0.341. The van der Waals surface area contributed by atoms with Crippen molar-refractivity contribution in [2.75, 3.05) is 30.4 Å². The number of nitrogens with one attached hydrogen (secondary N) is 2. The van der Waals surface area contributed by atoms with E-state index in [-0.39, 0.29) is 11.6 Å². The molecule has 1 amide bonds. The van der Waals surface area contributed by atoms with Gasteiger partial charge < -0.3 is 19.9 Å². The van der Waals surface area contributed by atoms with Gasteiger partial charge in [0.1, 0.15) is 17.3 Å². The summed E-state index contributed by atoms with van der Waals surface area (Å²) >= 11 is 0. The maximum absolute atomic E-state index is 12.5. The van der Waals surface area contributed by atoms with Gasteiger partial charge in [-0.05, 0) is 27.3 Å². The molecule has 9 heteroatoms. The Balaban J connectivity index is 1.48. The van der Waals surface area contributed by atoms with Crippen LogP contribution in [-0.2, 0) is 0 Å². The Labute approximate surface area is 156 Å². The lowest BCUT2D eigenvalue weighted by atomic mass is 10.3. The molecule has 1 fully saturated rings. The van der Waals surface area contributed by atoms with Gasteiger partial charge in [-0.2, -0.15) is 0 Å². The van der Waals surface area contributed by atoms with Crippen LogP contribution in [0.2, 0.25) is 0 Å². The molecule has 1 aliphatic heterocycles. The Morgan fingerprint density at radius 1 is 1.19 bits per heavy atom. The number of nitrogens with zero attached hydrogens (tertiary/aromatic N) is 6. The zero-order valence-electron chi connectivity index (χ0n) is 15.6. The Bertz CT molecular complexity index is 981. The fourth-order valence-corrected chi connectivity index (χ4v) is 3.32. The van der Waals surface area contributed by atoms with Crippen molar-refractivity contribution in [3.05, 3.63) is 41.9 Å². The summed E-state index contributed by atoms with van der Waals surface area (Å²) in [5, 5.41) is 6.05. The van der Waals surface area contributed by atoms with Gasteiger partial charge in [0.25, 0.3) is 5.91 Å². The Morgan fingerprint density at radius 2 is 2.04 bits per heavy atom. The highest BCUT2D eigenvalue weighted by molar-refractivity contribution is 6.02. The monoisotopic (exact) mass is 366 g/mol. The van der Waals surface area contributed by atoms with E-state index in [9.17, 15) is 4.79 Å². The quantitative estimate of drug-likeness (QED) is 0.715. The van der Waals surface area contributed by atoms with Gasteiger partial charge in [-0.3, -0.25) is 4.79 Å². The normalized spacial score (nSPS) is 16.9. The second-order valence-electron chi connectivity index (χ2n) is 6.76. The number of fused-ring (bicyclic) bond motifs is 1. The summed E-state index contributed by atoms with van der Waals surface area (Å²) in [6.45, 7) is 5.60. The lowest BCUT2D eigenvalue weighted by Crippen LogP contribution is -2.30. The highest BCUT2D eigenvalue weighted by Crippen LogP contribution is 2.17. The molecule has 4 rings (SSSR count). The third-order valence-electron chi connectivity index (χ3n) is 4.76. The molecule has 27 heavy (non-hydrogen) atoms. The number of carbonyl (C=O) groups is 1. The van der Waals surface area contributed by atoms with Crippen LogP contribution in [-0.4, -0.2) is 56.4 Å². The van der Waals surface area contributed by atoms with E-state index < -0.39 is 0 Å². The third-order valence-corrected chi connectivity index (χ3v) is 4.76. The van der Waals surface area contributed by atoms with Gasteiger partial charge in [0, 0.05) is 25.3 Å². The Morgan fingerprint density at radius 3 is 2.74 bits per heavy atom. The number of hydrogen-bond acceptors (Lipinski definition) is 7. The number of imidazole rings is 1. The summed E-state index contributed by atoms with van der Waals surface area (Å²) in [4.78, 5) is 32.1. The second-order valence-corrected chi connectivity index (χ2v) is 6.76. The largest absolute Gasteiger partial charge is 0.354 e. The molecule has 0 saturated carbocycles. The van der Waals surface area contributed by atoms with E-state index >= 15 is 0 Å². The summed E-state index contributed by atoms with van der Waals surface area (Å²) in [6.07, 6.45) is 7.85. The maximum atomic E-state index is 12.5. The van der Waals surface area contributed by atoms with Gasteiger partial charge in [-0.1, -0.05) is 0 Å². The molecule has 1 saturated heterocycles. The van der Waals surface area contributed by atoms with Crippen molar-refractivity contribution in [2.24, 2.45) is 0 Å². The highest BCUT2D eigenvalue weighted by Gasteiger charge is 2.22. The smallest absolute Gasteiger partial charge is 0.277 e. The summed E-state index contributed by atoms with van der Waals surface area (Å²) in [6, 6.07) is 0.464. The first-order valence-electron chi connectivity index (χ1n) is 8.92. The molecule has 1 atom stereocenters. The minimum absolute atomic E-state index is 0.254. The van der Waals surface area contributed by atoms with Crippen LogP contribution in [0, 0.1) is 13.8 Å². The SMILES string of the molecule is CN[C@H]1CCN(c2cnc(C(=O)Nc3cn4cc(C)nc4c(C)n3)cn2)C1. The predicted octanol–water partition coefficient (Wildman–Crippen LogP) is 1.19. The topological polar surface area (TPSA) is 100 Å². The predicted molar refractivity (Wildman–Crippen MR) is 102 cm³/mol. The van der Waals surface area contributed by atoms with Crippen molar-refractivity contribution in [3.63, 3.8) is 0 Å². The van der Waals surface area contributed by atoms with Crippen molar-refractivity contribution in [2.45, 2.75) is 26.3 Å². The van der Waals surface area contributed by atoms with Gasteiger partial charge >= 0.3 is 0 Å². The van der Waals surface area contributed by atoms with Crippen molar-refractivity contribution >= 4 is 23.2 Å². The number of rotatable bonds is 4. The summed E-state index contributed by atoms with van der Waals surface area (Å²) in [5.41, 5.74) is 2.67. The maximum Gasteiger partial charge on any atom is 0.277 e. The van der Waals surface area contributed by atoms with E-state index in [2.05, 4.69) is 35.5 Å². The minimum Gasteiger partial charge on any atom is -0.354 e. The molecule has 0 bridgehead atoms. The first-order chi connectivity index (χ1) is 13.0. The third kappa shape index (κ3) is 3.45. The highest BCUT2D eigenvalue weighted by atomic mass is 16.1. The standard InChI is InChI=1S/C18H22N8O/c1-11-8-26-10-15(23-12(2)17(26)22-11)24-18(27)14-6-21-16(7-20-14)25-5-4-13(9-25)19-3/h6-8,10,13,19H,4-5,9H2,1-3H3,(H,24,27)/t13-/m0/s1. The molecule has 1 aliphatic rings. The second kappa shape index (κ2) is 6.92. The average molecular weight is 366 g/mol. The molecule has 2 N–H and O–H groups in total. The fourth-order valence-electron chi connectivity index (χ4n) is 3.32. The van der Waals surface area contributed by atoms with Gasteiger partial charge in [0.2, 0.25) is 0 Å². The molecule has 140 valence electrons. The van der Waals surface area contributed by atoms with Crippen LogP contribution >= 0.6 is 0 Å². The lowest BCUT2D eigenvalue weighted by molar-refractivity contribution is 0.102. The molecule has 3 aromatic rings. The van der Waals surface area contributed by atoms with Crippen LogP contribution in [0.15, 0.2) is 24.8 Å². The first kappa shape index (κ1) is 17.3. The van der Waals surface area contributed by atoms with E-state index in [1.54, 1.807) is 12.4 Å². The number of hydrogen-bond donors (Lipinski definition) is 2. The van der Waals surface area contributed by atoms with E-state index in [1.807, 2.05) is 31.5 Å². The van der Waals surface area contributed by atoms with Crippen molar-refractivity contribution in [3.8, 4) is 0 Å². The van der Waals surface area contributed by atoms with Crippen LogP contribution in [0.4, 0.5) is 11.6 Å². The van der Waals surface area contributed by atoms with E-state index in [0.717, 1.165) is 42.4 Å². The number of likely N-dealkylation sites (N-methyl/N-ethyl adjacent to an activating group) is 1. The zero-order valence-corrected chi connectivity index (χ0v) is 15.6. The molecule has 0 unspecified atom stereocenters. The molecule has 0 spiro atoms. The van der Waals surface area contributed by atoms with Crippen LogP contribution < -0.4 is 15.5 Å². The number of anilines is 2. The molecular formula is C18H22N8O.